The molecular formula is C34H54N4O8. The number of benzene rings is 1. The second-order valence-corrected chi connectivity index (χ2v) is 13.9. The van der Waals surface area contributed by atoms with Crippen molar-refractivity contribution in [3.8, 4) is 0 Å². The first-order chi connectivity index (χ1) is 21.3. The molecule has 12 heteroatoms. The molecular weight excluding hydrogens is 592 g/mol. The summed E-state index contributed by atoms with van der Waals surface area (Å²) in [5.74, 6) is -2.27. The van der Waals surface area contributed by atoms with Gasteiger partial charge in [-0.05, 0) is 57.2 Å². The molecule has 0 fully saturated rings. The summed E-state index contributed by atoms with van der Waals surface area (Å²) in [7, 11) is 0. The largest absolute Gasteiger partial charge is 0.460 e. The van der Waals surface area contributed by atoms with Crippen LogP contribution in [0.4, 0.5) is 10.5 Å². The van der Waals surface area contributed by atoms with Gasteiger partial charge in [0, 0.05) is 42.8 Å². The van der Waals surface area contributed by atoms with Gasteiger partial charge in [0.25, 0.3) is 0 Å². The van der Waals surface area contributed by atoms with Gasteiger partial charge in [0.1, 0.15) is 12.4 Å². The fourth-order valence-electron chi connectivity index (χ4n) is 4.22. The van der Waals surface area contributed by atoms with Gasteiger partial charge in [0.15, 0.2) is 5.78 Å². The van der Waals surface area contributed by atoms with E-state index in [2.05, 4.69) is 16.0 Å². The highest BCUT2D eigenvalue weighted by Crippen LogP contribution is 2.21. The maximum absolute atomic E-state index is 13.4. The normalized spacial score (nSPS) is 13.0. The highest BCUT2D eigenvalue weighted by Gasteiger charge is 2.30. The van der Waals surface area contributed by atoms with Crippen molar-refractivity contribution in [1.82, 2.24) is 10.6 Å². The van der Waals surface area contributed by atoms with Crippen molar-refractivity contribution in [3.05, 3.63) is 29.8 Å². The van der Waals surface area contributed by atoms with E-state index in [9.17, 15) is 28.8 Å². The van der Waals surface area contributed by atoms with Gasteiger partial charge in [-0.3, -0.25) is 24.0 Å². The van der Waals surface area contributed by atoms with Crippen LogP contribution < -0.4 is 21.7 Å². The second-order valence-electron chi connectivity index (χ2n) is 13.9. The van der Waals surface area contributed by atoms with Crippen molar-refractivity contribution in [1.29, 1.82) is 0 Å². The van der Waals surface area contributed by atoms with Crippen LogP contribution in [0.2, 0.25) is 0 Å². The molecule has 1 rings (SSSR count). The number of carbonyl (C=O) groups is 6. The fraction of sp³-hybridized carbons (Fsp3) is 0.647. The summed E-state index contributed by atoms with van der Waals surface area (Å²) in [5.41, 5.74) is 5.33. The van der Waals surface area contributed by atoms with E-state index in [4.69, 9.17) is 15.2 Å². The van der Waals surface area contributed by atoms with Crippen molar-refractivity contribution in [2.45, 2.75) is 100 Å². The summed E-state index contributed by atoms with van der Waals surface area (Å²) >= 11 is 0. The van der Waals surface area contributed by atoms with Crippen molar-refractivity contribution >= 4 is 41.1 Å². The zero-order valence-electron chi connectivity index (χ0n) is 28.7. The number of ether oxygens (including phenoxy) is 2. The number of hydrogen-bond acceptors (Lipinski definition) is 8. The minimum absolute atomic E-state index is 0.0221. The Labute approximate surface area is 273 Å². The van der Waals surface area contributed by atoms with Crippen LogP contribution in [-0.4, -0.2) is 61.2 Å². The zero-order chi connectivity index (χ0) is 35.1. The smallest absolute Gasteiger partial charge is 0.312 e. The van der Waals surface area contributed by atoms with E-state index in [0.717, 1.165) is 5.56 Å². The summed E-state index contributed by atoms with van der Waals surface area (Å²) in [6, 6.07) is 5.34. The Balaban J connectivity index is 2.82. The molecule has 0 saturated heterocycles. The number of ketones is 2. The van der Waals surface area contributed by atoms with Crippen LogP contribution >= 0.6 is 0 Å². The van der Waals surface area contributed by atoms with Gasteiger partial charge in [-0.15, -0.1) is 0 Å². The molecule has 0 radical (unpaired) electrons. The molecule has 0 aliphatic heterocycles. The molecule has 4 amide bonds. The van der Waals surface area contributed by atoms with Gasteiger partial charge >= 0.3 is 12.0 Å². The number of esters is 1. The number of rotatable bonds is 19. The Hall–Kier alpha value is -3.80. The van der Waals surface area contributed by atoms with Gasteiger partial charge in [0.2, 0.25) is 11.8 Å². The first-order valence-electron chi connectivity index (χ1n) is 15.8. The molecule has 1 aromatic rings. The molecule has 1 aromatic carbocycles. The van der Waals surface area contributed by atoms with Crippen LogP contribution in [0.25, 0.3) is 0 Å². The Morgan fingerprint density at radius 1 is 0.870 bits per heavy atom. The van der Waals surface area contributed by atoms with Gasteiger partial charge in [0.05, 0.1) is 24.7 Å². The second kappa shape index (κ2) is 19.0. The third-order valence-corrected chi connectivity index (χ3v) is 7.16. The number of Topliss-reactive ketones (excluding diaryl/α,β-unsaturated/α-hetero) is 2. The Morgan fingerprint density at radius 3 is 2.02 bits per heavy atom. The summed E-state index contributed by atoms with van der Waals surface area (Å²) in [5, 5.41) is 8.10. The highest BCUT2D eigenvalue weighted by molar-refractivity contribution is 5.97. The Kier molecular flexibility index (Phi) is 16.6. The molecule has 0 aliphatic carbocycles. The lowest BCUT2D eigenvalue weighted by atomic mass is 9.89. The molecule has 0 spiro atoms. The van der Waals surface area contributed by atoms with E-state index in [1.54, 1.807) is 45.0 Å². The monoisotopic (exact) mass is 646 g/mol. The summed E-state index contributed by atoms with van der Waals surface area (Å²) in [4.78, 5) is 74.6. The molecule has 0 aromatic heterocycles. The van der Waals surface area contributed by atoms with Gasteiger partial charge in [-0.2, -0.15) is 0 Å². The number of amides is 4. The summed E-state index contributed by atoms with van der Waals surface area (Å²) in [6.07, 6.45) is 0.846. The van der Waals surface area contributed by atoms with Crippen molar-refractivity contribution < 1.29 is 38.2 Å². The number of hydrogen-bond donors (Lipinski definition) is 4. The first-order valence-corrected chi connectivity index (χ1v) is 15.8. The average Bonchev–Trinajstić information content (AvgIpc) is 2.95. The van der Waals surface area contributed by atoms with E-state index >= 15 is 0 Å². The standard InChI is InChI=1S/C34H54N4O8/c1-22(2)29(38-28(41)16-19-45-18-15-27(40)33(3,4)5)26(39)20-24(10-9-17-36-32(35)44)30(42)37-25-13-11-23(12-14-25)21-46-31(43)34(6,7)8/h11-14,22,24,29H,9-10,15-21H2,1-8H3,(H,37,42)(H,38,41)(H3,35,36,44)/t24-,29+/m0/s1. The molecule has 0 bridgehead atoms. The van der Waals surface area contributed by atoms with Crippen LogP contribution in [-0.2, 0) is 40.1 Å². The van der Waals surface area contributed by atoms with Crippen molar-refractivity contribution in [2.24, 2.45) is 28.4 Å². The lowest BCUT2D eigenvalue weighted by Crippen LogP contribution is -2.45. The van der Waals surface area contributed by atoms with Crippen LogP contribution in [0, 0.1) is 22.7 Å². The number of urea groups is 1. The van der Waals surface area contributed by atoms with E-state index in [-0.39, 0.29) is 80.9 Å². The fourth-order valence-corrected chi connectivity index (χ4v) is 4.22. The van der Waals surface area contributed by atoms with Crippen LogP contribution in [0.1, 0.15) is 93.1 Å². The molecule has 0 unspecified atom stereocenters. The quantitative estimate of drug-likeness (QED) is 0.127. The predicted octanol–water partition coefficient (Wildman–Crippen LogP) is 4.29. The lowest BCUT2D eigenvalue weighted by Gasteiger charge is -2.24. The van der Waals surface area contributed by atoms with Gasteiger partial charge in [-0.1, -0.05) is 46.8 Å². The molecule has 46 heavy (non-hydrogen) atoms. The number of carbonyl (C=O) groups excluding carboxylic acids is 6. The third kappa shape index (κ3) is 16.0. The molecule has 12 nitrogen and oxygen atoms in total. The SMILES string of the molecule is CC(C)[C@@H](NC(=O)CCOCCC(=O)C(C)(C)C)C(=O)C[C@H](CCCNC(N)=O)C(=O)Nc1ccc(COC(=O)C(C)(C)C)cc1. The summed E-state index contributed by atoms with van der Waals surface area (Å²) < 4.78 is 10.8. The topological polar surface area (TPSA) is 183 Å². The van der Waals surface area contributed by atoms with E-state index < -0.39 is 28.8 Å². The van der Waals surface area contributed by atoms with Crippen LogP contribution in [0.5, 0.6) is 0 Å². The maximum atomic E-state index is 13.4. The van der Waals surface area contributed by atoms with Crippen molar-refractivity contribution in [2.75, 3.05) is 25.1 Å². The summed E-state index contributed by atoms with van der Waals surface area (Å²) in [6.45, 7) is 15.1. The molecule has 5 N–H and O–H groups in total. The van der Waals surface area contributed by atoms with E-state index in [0.29, 0.717) is 18.5 Å². The first kappa shape index (κ1) is 40.2. The zero-order valence-corrected chi connectivity index (χ0v) is 28.7. The molecule has 0 heterocycles. The number of nitrogens with one attached hydrogen (secondary N) is 3. The van der Waals surface area contributed by atoms with Crippen LogP contribution in [0.3, 0.4) is 0 Å². The molecule has 258 valence electrons. The average molecular weight is 647 g/mol. The third-order valence-electron chi connectivity index (χ3n) is 7.16. The number of anilines is 1. The lowest BCUT2D eigenvalue weighted by molar-refractivity contribution is -0.154. The van der Waals surface area contributed by atoms with Crippen LogP contribution in [0.15, 0.2) is 24.3 Å². The number of nitrogens with two attached hydrogens (primary N) is 1. The van der Waals surface area contributed by atoms with E-state index in [1.807, 2.05) is 34.6 Å². The van der Waals surface area contributed by atoms with E-state index in [1.165, 1.54) is 0 Å². The Morgan fingerprint density at radius 2 is 1.48 bits per heavy atom. The van der Waals surface area contributed by atoms with Gasteiger partial charge in [-0.25, -0.2) is 4.79 Å². The van der Waals surface area contributed by atoms with Crippen molar-refractivity contribution in [3.63, 3.8) is 0 Å². The molecule has 2 atom stereocenters. The van der Waals surface area contributed by atoms with Gasteiger partial charge < -0.3 is 31.2 Å². The minimum Gasteiger partial charge on any atom is -0.460 e. The molecule has 0 aliphatic rings. The maximum Gasteiger partial charge on any atom is 0.312 e. The minimum atomic E-state index is -0.816. The number of primary amides is 1. The molecule has 0 saturated carbocycles. The predicted molar refractivity (Wildman–Crippen MR) is 176 cm³/mol. The Bertz CT molecular complexity index is 1180. The highest BCUT2D eigenvalue weighted by atomic mass is 16.5.